The van der Waals surface area contributed by atoms with Crippen molar-refractivity contribution < 1.29 is 9.53 Å². The molecule has 3 heteroatoms. The van der Waals surface area contributed by atoms with Crippen LogP contribution in [0.3, 0.4) is 0 Å². The normalized spacial score (nSPS) is 14.5. The quantitative estimate of drug-likeness (QED) is 0.352. The molecule has 0 aliphatic rings. The Hall–Kier alpha value is -0.840. The number of benzene rings is 1. The van der Waals surface area contributed by atoms with Crippen LogP contribution < -0.4 is 0 Å². The molecule has 0 aromatic heterocycles. The predicted octanol–water partition coefficient (Wildman–Crippen LogP) is 3.75. The van der Waals surface area contributed by atoms with Crippen LogP contribution in [-0.2, 0) is 16.1 Å². The van der Waals surface area contributed by atoms with E-state index in [0.29, 0.717) is 16.4 Å². The van der Waals surface area contributed by atoms with Crippen LogP contribution >= 0.6 is 22.6 Å². The van der Waals surface area contributed by atoms with Crippen LogP contribution in [0.4, 0.5) is 0 Å². The summed E-state index contributed by atoms with van der Waals surface area (Å²) >= 11 is 2.34. The van der Waals surface area contributed by atoms with Crippen molar-refractivity contribution >= 4 is 28.6 Å². The molecule has 0 fully saturated rings. The minimum atomic E-state index is -0.280. The largest absolute Gasteiger partial charge is 0.458 e. The first-order valence-corrected chi connectivity index (χ1v) is 6.87. The van der Waals surface area contributed by atoms with Crippen molar-refractivity contribution in [3.8, 4) is 0 Å². The number of hydrogen-bond donors (Lipinski definition) is 0. The molecule has 0 aliphatic carbocycles. The van der Waals surface area contributed by atoms with Gasteiger partial charge < -0.3 is 4.74 Å². The number of carbonyl (C=O) groups excluding carboxylic acids is 1. The highest BCUT2D eigenvalue weighted by Gasteiger charge is 2.05. The summed E-state index contributed by atoms with van der Waals surface area (Å²) in [6.45, 7) is 4.53. The molecule has 1 rings (SSSR count). The fourth-order valence-electron chi connectivity index (χ4n) is 1.16. The van der Waals surface area contributed by atoms with Crippen molar-refractivity contribution in [1.82, 2.24) is 0 Å². The summed E-state index contributed by atoms with van der Waals surface area (Å²) < 4.78 is 5.64. The molecular weight excluding hydrogens is 327 g/mol. The van der Waals surface area contributed by atoms with Crippen LogP contribution in [0.15, 0.2) is 42.5 Å². The van der Waals surface area contributed by atoms with Gasteiger partial charge in [0.1, 0.15) is 6.61 Å². The van der Waals surface area contributed by atoms with Crippen molar-refractivity contribution in [1.29, 1.82) is 0 Å². The number of allylic oxidation sites excluding steroid dienone is 1. The predicted molar refractivity (Wildman–Crippen MR) is 78.0 cm³/mol. The van der Waals surface area contributed by atoms with Crippen LogP contribution in [0.1, 0.15) is 19.4 Å². The molecule has 1 aromatic carbocycles. The van der Waals surface area contributed by atoms with Crippen LogP contribution in [0, 0.1) is 5.92 Å². The summed E-state index contributed by atoms with van der Waals surface area (Å²) in [4.78, 5) is 11.4. The Morgan fingerprint density at radius 3 is 2.59 bits per heavy atom. The van der Waals surface area contributed by atoms with Crippen molar-refractivity contribution in [2.24, 2.45) is 5.92 Å². The van der Waals surface area contributed by atoms with Gasteiger partial charge in [-0.2, -0.15) is 0 Å². The highest BCUT2D eigenvalue weighted by Crippen LogP contribution is 2.13. The van der Waals surface area contributed by atoms with Gasteiger partial charge in [-0.05, 0) is 11.5 Å². The van der Waals surface area contributed by atoms with Gasteiger partial charge in [-0.25, -0.2) is 4.79 Å². The molecule has 0 heterocycles. The van der Waals surface area contributed by atoms with Gasteiger partial charge in [0.05, 0.1) is 0 Å². The maximum Gasteiger partial charge on any atom is 0.330 e. The van der Waals surface area contributed by atoms with Gasteiger partial charge >= 0.3 is 5.97 Å². The van der Waals surface area contributed by atoms with E-state index in [0.717, 1.165) is 5.56 Å². The van der Waals surface area contributed by atoms with E-state index >= 15 is 0 Å². The second-order valence-electron chi connectivity index (χ2n) is 3.99. The third-order valence-electron chi connectivity index (χ3n) is 2.48. The lowest BCUT2D eigenvalue weighted by atomic mass is 10.1. The molecule has 0 bridgehead atoms. The summed E-state index contributed by atoms with van der Waals surface area (Å²) in [7, 11) is 0. The fourth-order valence-corrected chi connectivity index (χ4v) is 1.40. The maximum atomic E-state index is 11.4. The van der Waals surface area contributed by atoms with Gasteiger partial charge in [0.15, 0.2) is 0 Å². The standard InChI is InChI=1S/C14H17IO2/c1-11(12(2)15)8-9-14(16)17-10-13-6-4-3-5-7-13/h3-9,11-12H,10H2,1-2H3/b9-8+. The first-order valence-electron chi connectivity index (χ1n) is 5.62. The Kier molecular flexibility index (Phi) is 6.26. The molecule has 0 N–H and O–H groups in total. The topological polar surface area (TPSA) is 26.3 Å². The molecule has 2 atom stereocenters. The summed E-state index contributed by atoms with van der Waals surface area (Å²) in [5.41, 5.74) is 1.00. The highest BCUT2D eigenvalue weighted by atomic mass is 127. The first-order chi connectivity index (χ1) is 8.09. The van der Waals surface area contributed by atoms with E-state index in [2.05, 4.69) is 36.4 Å². The third kappa shape index (κ3) is 5.86. The second kappa shape index (κ2) is 7.48. The molecule has 2 unspecified atom stereocenters. The number of halogens is 1. The minimum absolute atomic E-state index is 0.280. The fraction of sp³-hybridized carbons (Fsp3) is 0.357. The van der Waals surface area contributed by atoms with E-state index in [1.54, 1.807) is 0 Å². The Balaban J connectivity index is 2.36. The Morgan fingerprint density at radius 2 is 2.00 bits per heavy atom. The summed E-state index contributed by atoms with van der Waals surface area (Å²) in [5, 5.41) is 0. The molecule has 0 aliphatic heterocycles. The average Bonchev–Trinajstić information content (AvgIpc) is 2.34. The van der Waals surface area contributed by atoms with Crippen LogP contribution in [-0.4, -0.2) is 9.89 Å². The van der Waals surface area contributed by atoms with Gasteiger partial charge in [0.25, 0.3) is 0 Å². The van der Waals surface area contributed by atoms with E-state index < -0.39 is 0 Å². The molecule has 17 heavy (non-hydrogen) atoms. The number of alkyl halides is 1. The molecule has 1 aromatic rings. The molecule has 0 amide bonds. The van der Waals surface area contributed by atoms with Gasteiger partial charge in [-0.3, -0.25) is 0 Å². The van der Waals surface area contributed by atoms with Crippen molar-refractivity contribution in [3.05, 3.63) is 48.0 Å². The van der Waals surface area contributed by atoms with E-state index in [1.807, 2.05) is 36.4 Å². The zero-order chi connectivity index (χ0) is 12.7. The number of rotatable bonds is 5. The summed E-state index contributed by atoms with van der Waals surface area (Å²) in [6, 6.07) is 9.67. The van der Waals surface area contributed by atoms with Gasteiger partial charge in [0, 0.05) is 10.0 Å². The summed E-state index contributed by atoms with van der Waals surface area (Å²) in [5.74, 6) is 0.0950. The lowest BCUT2D eigenvalue weighted by Gasteiger charge is -2.07. The highest BCUT2D eigenvalue weighted by molar-refractivity contribution is 14.1. The monoisotopic (exact) mass is 344 g/mol. The Labute approximate surface area is 116 Å². The van der Waals surface area contributed by atoms with Crippen molar-refractivity contribution in [3.63, 3.8) is 0 Å². The number of ether oxygens (including phenoxy) is 1. The zero-order valence-corrected chi connectivity index (χ0v) is 12.3. The first kappa shape index (κ1) is 14.2. The van der Waals surface area contributed by atoms with E-state index in [4.69, 9.17) is 4.74 Å². The van der Waals surface area contributed by atoms with Gasteiger partial charge in [0.2, 0.25) is 0 Å². The molecular formula is C14H17IO2. The lowest BCUT2D eigenvalue weighted by Crippen LogP contribution is -2.05. The van der Waals surface area contributed by atoms with Crippen molar-refractivity contribution in [2.45, 2.75) is 24.4 Å². The van der Waals surface area contributed by atoms with Crippen LogP contribution in [0.5, 0.6) is 0 Å². The van der Waals surface area contributed by atoms with E-state index in [9.17, 15) is 4.79 Å². The van der Waals surface area contributed by atoms with Crippen LogP contribution in [0.2, 0.25) is 0 Å². The number of carbonyl (C=O) groups is 1. The van der Waals surface area contributed by atoms with E-state index in [1.165, 1.54) is 6.08 Å². The molecule has 0 radical (unpaired) electrons. The molecule has 0 saturated heterocycles. The van der Waals surface area contributed by atoms with Gasteiger partial charge in [-0.1, -0.05) is 72.8 Å². The molecule has 0 saturated carbocycles. The van der Waals surface area contributed by atoms with Crippen LogP contribution in [0.25, 0.3) is 0 Å². The number of hydrogen-bond acceptors (Lipinski definition) is 2. The average molecular weight is 344 g/mol. The maximum absolute atomic E-state index is 11.4. The molecule has 0 spiro atoms. The smallest absolute Gasteiger partial charge is 0.330 e. The Morgan fingerprint density at radius 1 is 1.35 bits per heavy atom. The van der Waals surface area contributed by atoms with E-state index in [-0.39, 0.29) is 5.97 Å². The third-order valence-corrected chi connectivity index (χ3v) is 3.62. The number of esters is 1. The summed E-state index contributed by atoms with van der Waals surface area (Å²) in [6.07, 6.45) is 3.41. The Bertz CT molecular complexity index is 371. The SMILES string of the molecule is CC(I)C(C)/C=C/C(=O)OCc1ccccc1. The van der Waals surface area contributed by atoms with Crippen molar-refractivity contribution in [2.75, 3.05) is 0 Å². The molecule has 92 valence electrons. The zero-order valence-electron chi connectivity index (χ0n) is 10.1. The lowest BCUT2D eigenvalue weighted by molar-refractivity contribution is -0.139. The van der Waals surface area contributed by atoms with Gasteiger partial charge in [-0.15, -0.1) is 0 Å². The minimum Gasteiger partial charge on any atom is -0.458 e. The molecule has 2 nitrogen and oxygen atoms in total. The second-order valence-corrected chi connectivity index (χ2v) is 5.95.